The van der Waals surface area contributed by atoms with Crippen LogP contribution < -0.4 is 5.32 Å². The molecule has 2 heterocycles. The highest BCUT2D eigenvalue weighted by Crippen LogP contribution is 2.25. The third kappa shape index (κ3) is 3.33. The lowest BCUT2D eigenvalue weighted by molar-refractivity contribution is 0.0124. The van der Waals surface area contributed by atoms with Crippen LogP contribution in [0.4, 0.5) is 10.1 Å². The average molecular weight is 363 g/mol. The number of nitrogens with one attached hydrogen (secondary N) is 2. The second-order valence-corrected chi connectivity index (χ2v) is 6.35. The lowest BCUT2D eigenvalue weighted by atomic mass is 10.1. The van der Waals surface area contributed by atoms with Gasteiger partial charge in [0.25, 0.3) is 5.91 Å². The molecule has 0 aliphatic rings. The van der Waals surface area contributed by atoms with Crippen LogP contribution in [0.25, 0.3) is 11.2 Å². The number of ether oxygens (including phenoxy) is 1. The number of benzene rings is 1. The number of fused-ring (bicyclic) bond motifs is 1. The van der Waals surface area contributed by atoms with E-state index in [9.17, 15) is 9.18 Å². The molecule has 1 amide bonds. The number of rotatable bonds is 4. The lowest BCUT2D eigenvalue weighted by Gasteiger charge is -2.19. The first kappa shape index (κ1) is 17.3. The lowest BCUT2D eigenvalue weighted by Crippen LogP contribution is -2.21. The van der Waals surface area contributed by atoms with Crippen molar-refractivity contribution in [1.82, 2.24) is 15.0 Å². The number of halogens is 2. The Morgan fingerprint density at radius 3 is 2.80 bits per heavy atom. The van der Waals surface area contributed by atoms with E-state index in [1.54, 1.807) is 13.2 Å². The number of hydrogen-bond donors (Lipinski definition) is 2. The first-order valence-corrected chi connectivity index (χ1v) is 7.86. The van der Waals surface area contributed by atoms with Gasteiger partial charge >= 0.3 is 0 Å². The van der Waals surface area contributed by atoms with Crippen LogP contribution in [0.5, 0.6) is 0 Å². The highest BCUT2D eigenvalue weighted by molar-refractivity contribution is 6.31. The second kappa shape index (κ2) is 6.42. The molecule has 0 aliphatic carbocycles. The summed E-state index contributed by atoms with van der Waals surface area (Å²) >= 11 is 5.74. The van der Waals surface area contributed by atoms with Crippen molar-refractivity contribution in [2.45, 2.75) is 19.4 Å². The molecule has 0 aliphatic heterocycles. The number of methoxy groups -OCH3 is 1. The van der Waals surface area contributed by atoms with Gasteiger partial charge in [-0.1, -0.05) is 11.6 Å². The van der Waals surface area contributed by atoms with Crippen LogP contribution in [0.3, 0.4) is 0 Å². The molecule has 0 saturated carbocycles. The Bertz CT molecular complexity index is 955. The van der Waals surface area contributed by atoms with Gasteiger partial charge in [-0.25, -0.2) is 14.4 Å². The van der Waals surface area contributed by atoms with Gasteiger partial charge in [-0.15, -0.1) is 0 Å². The number of nitrogens with zero attached hydrogens (tertiary/aromatic N) is 2. The largest absolute Gasteiger partial charge is 0.371 e. The van der Waals surface area contributed by atoms with E-state index in [-0.39, 0.29) is 10.9 Å². The molecule has 25 heavy (non-hydrogen) atoms. The second-order valence-electron chi connectivity index (χ2n) is 5.94. The number of carbonyl (C=O) groups excluding carboxylic acids is 1. The fourth-order valence-corrected chi connectivity index (χ4v) is 2.43. The van der Waals surface area contributed by atoms with Gasteiger partial charge in [0.05, 0.1) is 16.1 Å². The van der Waals surface area contributed by atoms with E-state index in [1.165, 1.54) is 24.4 Å². The summed E-state index contributed by atoms with van der Waals surface area (Å²) in [5.41, 5.74) is 0.992. The zero-order chi connectivity index (χ0) is 18.2. The zero-order valence-corrected chi connectivity index (χ0v) is 14.6. The number of carbonyl (C=O) groups is 1. The van der Waals surface area contributed by atoms with Crippen LogP contribution in [0, 0.1) is 5.82 Å². The van der Waals surface area contributed by atoms with Crippen molar-refractivity contribution in [3.8, 4) is 0 Å². The molecule has 0 atom stereocenters. The maximum atomic E-state index is 13.2. The minimum Gasteiger partial charge on any atom is -0.371 e. The molecule has 3 aromatic rings. The van der Waals surface area contributed by atoms with Crippen molar-refractivity contribution in [2.75, 3.05) is 12.4 Å². The molecule has 130 valence electrons. The smallest absolute Gasteiger partial charge is 0.257 e. The Morgan fingerprint density at radius 2 is 2.12 bits per heavy atom. The summed E-state index contributed by atoms with van der Waals surface area (Å²) in [6.07, 6.45) is 1.50. The quantitative estimate of drug-likeness (QED) is 0.738. The van der Waals surface area contributed by atoms with E-state index in [1.807, 2.05) is 13.8 Å². The molecule has 2 aromatic heterocycles. The molecule has 3 rings (SSSR count). The normalized spacial score (nSPS) is 11.7. The molecule has 0 bridgehead atoms. The van der Waals surface area contributed by atoms with Crippen molar-refractivity contribution in [3.63, 3.8) is 0 Å². The van der Waals surface area contributed by atoms with Crippen LogP contribution >= 0.6 is 11.6 Å². The summed E-state index contributed by atoms with van der Waals surface area (Å²) in [7, 11) is 1.58. The van der Waals surface area contributed by atoms with Gasteiger partial charge in [-0.2, -0.15) is 0 Å². The van der Waals surface area contributed by atoms with E-state index in [2.05, 4.69) is 20.3 Å². The highest BCUT2D eigenvalue weighted by atomic mass is 35.5. The molecule has 0 saturated heterocycles. The third-order valence-electron chi connectivity index (χ3n) is 3.89. The fourth-order valence-electron chi connectivity index (χ4n) is 2.25. The fraction of sp³-hybridized carbons (Fsp3) is 0.235. The molecule has 2 N–H and O–H groups in total. The summed E-state index contributed by atoms with van der Waals surface area (Å²) in [5.74, 6) is -0.381. The summed E-state index contributed by atoms with van der Waals surface area (Å²) in [6, 6.07) is 5.55. The van der Waals surface area contributed by atoms with Gasteiger partial charge in [-0.05, 0) is 38.1 Å². The molecule has 8 heteroatoms. The van der Waals surface area contributed by atoms with E-state index >= 15 is 0 Å². The monoisotopic (exact) mass is 362 g/mol. The number of H-pyrrole nitrogens is 1. The predicted octanol–water partition coefficient (Wildman–Crippen LogP) is 3.88. The molecule has 6 nitrogen and oxygen atoms in total. The number of hydrogen-bond acceptors (Lipinski definition) is 4. The van der Waals surface area contributed by atoms with Gasteiger partial charge < -0.3 is 15.0 Å². The Morgan fingerprint density at radius 1 is 1.36 bits per heavy atom. The number of pyridine rings is 1. The summed E-state index contributed by atoms with van der Waals surface area (Å²) in [5, 5.41) is 2.62. The van der Waals surface area contributed by atoms with Crippen molar-refractivity contribution >= 4 is 34.4 Å². The summed E-state index contributed by atoms with van der Waals surface area (Å²) in [6.45, 7) is 3.70. The number of anilines is 1. The number of imidazole rings is 1. The van der Waals surface area contributed by atoms with Crippen LogP contribution in [0.2, 0.25) is 5.02 Å². The van der Waals surface area contributed by atoms with Gasteiger partial charge in [0.1, 0.15) is 17.2 Å². The minimum absolute atomic E-state index is 0.0663. The minimum atomic E-state index is -0.654. The van der Waals surface area contributed by atoms with E-state index in [4.69, 9.17) is 16.3 Å². The highest BCUT2D eigenvalue weighted by Gasteiger charge is 2.25. The maximum Gasteiger partial charge on any atom is 0.257 e. The maximum absolute atomic E-state index is 13.2. The van der Waals surface area contributed by atoms with Crippen LogP contribution in [0.15, 0.2) is 30.5 Å². The Hall–Kier alpha value is -2.51. The molecule has 0 spiro atoms. The topological polar surface area (TPSA) is 79.9 Å². The Balaban J connectivity index is 1.97. The van der Waals surface area contributed by atoms with E-state index in [0.717, 1.165) is 0 Å². The standard InChI is InChI=1S/C17H16ClFN4O2/c1-17(2,25-3)16-22-13-10(6-7-20-14(13)23-16)15(24)21-9-4-5-12(19)11(18)8-9/h4-8H,1-3H3,(H,21,24)(H,20,22,23). The zero-order valence-electron chi connectivity index (χ0n) is 13.9. The van der Waals surface area contributed by atoms with Crippen molar-refractivity contribution in [3.05, 3.63) is 52.7 Å². The third-order valence-corrected chi connectivity index (χ3v) is 4.18. The SMILES string of the molecule is COC(C)(C)c1nc2nccc(C(=O)Nc3ccc(F)c(Cl)c3)c2[nH]1. The van der Waals surface area contributed by atoms with Gasteiger partial charge in [0.2, 0.25) is 0 Å². The molecular weight excluding hydrogens is 347 g/mol. The van der Waals surface area contributed by atoms with Gasteiger partial charge in [-0.3, -0.25) is 4.79 Å². The Labute approximate surface area is 148 Å². The molecule has 0 fully saturated rings. The molecule has 1 aromatic carbocycles. The summed E-state index contributed by atoms with van der Waals surface area (Å²) < 4.78 is 18.6. The van der Waals surface area contributed by atoms with E-state index < -0.39 is 11.4 Å². The molecule has 0 unspecified atom stereocenters. The van der Waals surface area contributed by atoms with Crippen LogP contribution in [-0.2, 0) is 10.3 Å². The first-order valence-electron chi connectivity index (χ1n) is 7.48. The van der Waals surface area contributed by atoms with Gasteiger partial charge in [0, 0.05) is 19.0 Å². The first-order chi connectivity index (χ1) is 11.8. The molecular formula is C17H16ClFN4O2. The van der Waals surface area contributed by atoms with Gasteiger partial charge in [0.15, 0.2) is 5.65 Å². The van der Waals surface area contributed by atoms with Crippen molar-refractivity contribution in [2.24, 2.45) is 0 Å². The van der Waals surface area contributed by atoms with E-state index in [0.29, 0.717) is 28.2 Å². The van der Waals surface area contributed by atoms with Crippen molar-refractivity contribution < 1.29 is 13.9 Å². The number of aromatic nitrogens is 3. The summed E-state index contributed by atoms with van der Waals surface area (Å²) in [4.78, 5) is 24.3. The number of amides is 1. The average Bonchev–Trinajstić information content (AvgIpc) is 3.03. The van der Waals surface area contributed by atoms with Crippen LogP contribution in [-0.4, -0.2) is 28.0 Å². The molecule has 0 radical (unpaired) electrons. The van der Waals surface area contributed by atoms with Crippen LogP contribution in [0.1, 0.15) is 30.0 Å². The number of aromatic amines is 1. The van der Waals surface area contributed by atoms with Crippen molar-refractivity contribution in [1.29, 1.82) is 0 Å². The Kier molecular flexibility index (Phi) is 4.45. The predicted molar refractivity (Wildman–Crippen MR) is 93.3 cm³/mol.